The third-order valence-corrected chi connectivity index (χ3v) is 2.06. The molecule has 2 aliphatic heterocycles. The Hall–Kier alpha value is -0.0800. The van der Waals surface area contributed by atoms with Crippen molar-refractivity contribution < 1.29 is 4.74 Å². The van der Waals surface area contributed by atoms with Crippen LogP contribution in [0.3, 0.4) is 0 Å². The summed E-state index contributed by atoms with van der Waals surface area (Å²) in [6.45, 7) is 4.82. The van der Waals surface area contributed by atoms with E-state index >= 15 is 0 Å². The molecule has 0 aromatic carbocycles. The van der Waals surface area contributed by atoms with Crippen molar-refractivity contribution >= 4 is 0 Å². The smallest absolute Gasteiger partial charge is 0.0936 e. The minimum absolute atomic E-state index is 0.600. The molecule has 1 atom stereocenters. The highest BCUT2D eigenvalue weighted by molar-refractivity contribution is 4.76. The Bertz CT molecular complexity index is 95.1. The van der Waals surface area contributed by atoms with Crippen LogP contribution in [0.1, 0.15) is 12.8 Å². The highest BCUT2D eigenvalue weighted by Gasteiger charge is 2.26. The van der Waals surface area contributed by atoms with Crippen molar-refractivity contribution in [2.75, 3.05) is 26.2 Å². The average molecular weight is 127 g/mol. The normalized spacial score (nSPS) is 35.3. The van der Waals surface area contributed by atoms with E-state index in [1.54, 1.807) is 0 Å². The molecule has 0 saturated carbocycles. The molecule has 0 unspecified atom stereocenters. The number of hydrogen-bond donors (Lipinski definition) is 0. The van der Waals surface area contributed by atoms with Gasteiger partial charge >= 0.3 is 0 Å². The van der Waals surface area contributed by atoms with E-state index in [2.05, 4.69) is 4.90 Å². The first-order valence-corrected chi connectivity index (χ1v) is 3.79. The standard InChI is InChI=1S/C7H13NO/c1-2-4-8(3-1)5-7-6-9-7/h7H,1-6H2/t7-/m1/s1. The summed E-state index contributed by atoms with van der Waals surface area (Å²) in [7, 11) is 0. The van der Waals surface area contributed by atoms with Crippen LogP contribution in [0.4, 0.5) is 0 Å². The SMILES string of the molecule is C1CCN(C[C@@H]2CO2)C1. The van der Waals surface area contributed by atoms with Gasteiger partial charge in [0.1, 0.15) is 0 Å². The number of rotatable bonds is 2. The van der Waals surface area contributed by atoms with Crippen LogP contribution >= 0.6 is 0 Å². The van der Waals surface area contributed by atoms with Gasteiger partial charge in [0.15, 0.2) is 0 Å². The Balaban J connectivity index is 1.70. The monoisotopic (exact) mass is 127 g/mol. The first-order chi connectivity index (χ1) is 4.45. The maximum Gasteiger partial charge on any atom is 0.0936 e. The third-order valence-electron chi connectivity index (χ3n) is 2.06. The molecule has 9 heavy (non-hydrogen) atoms. The molecule has 0 aromatic rings. The Morgan fingerprint density at radius 1 is 1.33 bits per heavy atom. The maximum atomic E-state index is 5.13. The van der Waals surface area contributed by atoms with E-state index in [-0.39, 0.29) is 0 Å². The lowest BCUT2D eigenvalue weighted by atomic mass is 10.4. The molecule has 0 amide bonds. The van der Waals surface area contributed by atoms with Crippen LogP contribution in [-0.2, 0) is 4.74 Å². The van der Waals surface area contributed by atoms with Gasteiger partial charge in [0, 0.05) is 6.54 Å². The minimum atomic E-state index is 0.600. The zero-order valence-electron chi connectivity index (χ0n) is 5.68. The minimum Gasteiger partial charge on any atom is -0.372 e. The molecule has 2 rings (SSSR count). The van der Waals surface area contributed by atoms with Crippen LogP contribution in [0.2, 0.25) is 0 Å². The Kier molecular flexibility index (Phi) is 1.44. The summed E-state index contributed by atoms with van der Waals surface area (Å²) in [5.74, 6) is 0. The van der Waals surface area contributed by atoms with E-state index in [1.165, 1.54) is 32.5 Å². The number of likely N-dealkylation sites (tertiary alicyclic amines) is 1. The number of nitrogens with zero attached hydrogens (tertiary/aromatic N) is 1. The predicted octanol–water partition coefficient (Wildman–Crippen LogP) is 0.481. The number of hydrogen-bond acceptors (Lipinski definition) is 2. The fourth-order valence-corrected chi connectivity index (χ4v) is 1.43. The second-order valence-electron chi connectivity index (χ2n) is 2.96. The topological polar surface area (TPSA) is 15.8 Å². The summed E-state index contributed by atoms with van der Waals surface area (Å²) in [4.78, 5) is 2.50. The number of epoxide rings is 1. The molecular formula is C7H13NO. The van der Waals surface area contributed by atoms with E-state index < -0.39 is 0 Å². The molecule has 2 nitrogen and oxygen atoms in total. The van der Waals surface area contributed by atoms with Crippen molar-refractivity contribution in [1.82, 2.24) is 4.90 Å². The highest BCUT2D eigenvalue weighted by atomic mass is 16.6. The van der Waals surface area contributed by atoms with Crippen molar-refractivity contribution in [2.24, 2.45) is 0 Å². The lowest BCUT2D eigenvalue weighted by Gasteiger charge is -2.10. The molecule has 0 aromatic heterocycles. The van der Waals surface area contributed by atoms with Gasteiger partial charge in [-0.2, -0.15) is 0 Å². The van der Waals surface area contributed by atoms with Crippen LogP contribution in [0, 0.1) is 0 Å². The van der Waals surface area contributed by atoms with Crippen LogP contribution < -0.4 is 0 Å². The van der Waals surface area contributed by atoms with E-state index in [0.29, 0.717) is 6.10 Å². The summed E-state index contributed by atoms with van der Waals surface area (Å²) in [5.41, 5.74) is 0. The molecular weight excluding hydrogens is 114 g/mol. The zero-order chi connectivity index (χ0) is 6.10. The summed E-state index contributed by atoms with van der Waals surface area (Å²) in [5, 5.41) is 0. The fraction of sp³-hybridized carbons (Fsp3) is 1.00. The van der Waals surface area contributed by atoms with Gasteiger partial charge < -0.3 is 9.64 Å². The Morgan fingerprint density at radius 3 is 2.56 bits per heavy atom. The van der Waals surface area contributed by atoms with E-state index in [0.717, 1.165) is 6.61 Å². The van der Waals surface area contributed by atoms with Crippen molar-refractivity contribution in [3.05, 3.63) is 0 Å². The van der Waals surface area contributed by atoms with E-state index in [9.17, 15) is 0 Å². The van der Waals surface area contributed by atoms with Gasteiger partial charge in [-0.3, -0.25) is 0 Å². The van der Waals surface area contributed by atoms with Crippen molar-refractivity contribution in [1.29, 1.82) is 0 Å². The zero-order valence-corrected chi connectivity index (χ0v) is 5.68. The van der Waals surface area contributed by atoms with Gasteiger partial charge in [-0.05, 0) is 25.9 Å². The maximum absolute atomic E-state index is 5.13. The number of ether oxygens (including phenoxy) is 1. The molecule has 0 aliphatic carbocycles. The molecule has 52 valence electrons. The Labute approximate surface area is 55.8 Å². The quantitative estimate of drug-likeness (QED) is 0.501. The van der Waals surface area contributed by atoms with Crippen LogP contribution in [0.25, 0.3) is 0 Å². The molecule has 0 spiro atoms. The first kappa shape index (κ1) is 5.69. The van der Waals surface area contributed by atoms with Gasteiger partial charge in [0.05, 0.1) is 12.7 Å². The van der Waals surface area contributed by atoms with Crippen molar-refractivity contribution in [3.63, 3.8) is 0 Å². The second-order valence-corrected chi connectivity index (χ2v) is 2.96. The third kappa shape index (κ3) is 1.43. The predicted molar refractivity (Wildman–Crippen MR) is 35.4 cm³/mol. The lowest BCUT2D eigenvalue weighted by molar-refractivity contribution is 0.286. The van der Waals surface area contributed by atoms with Gasteiger partial charge in [0.2, 0.25) is 0 Å². The average Bonchev–Trinajstić information content (AvgIpc) is 2.46. The largest absolute Gasteiger partial charge is 0.372 e. The van der Waals surface area contributed by atoms with Crippen LogP contribution in [0.5, 0.6) is 0 Å². The molecule has 0 radical (unpaired) electrons. The summed E-state index contributed by atoms with van der Waals surface area (Å²) in [6, 6.07) is 0. The first-order valence-electron chi connectivity index (χ1n) is 3.79. The molecule has 2 heteroatoms. The molecule has 0 bridgehead atoms. The Morgan fingerprint density at radius 2 is 2.00 bits per heavy atom. The summed E-state index contributed by atoms with van der Waals surface area (Å²) in [6.07, 6.45) is 3.39. The van der Waals surface area contributed by atoms with Gasteiger partial charge in [-0.25, -0.2) is 0 Å². The second kappa shape index (κ2) is 2.27. The molecule has 2 aliphatic rings. The molecule has 2 heterocycles. The van der Waals surface area contributed by atoms with E-state index in [4.69, 9.17) is 4.74 Å². The van der Waals surface area contributed by atoms with Crippen LogP contribution in [-0.4, -0.2) is 37.2 Å². The summed E-state index contributed by atoms with van der Waals surface area (Å²) >= 11 is 0. The summed E-state index contributed by atoms with van der Waals surface area (Å²) < 4.78 is 5.13. The van der Waals surface area contributed by atoms with E-state index in [1.807, 2.05) is 0 Å². The van der Waals surface area contributed by atoms with Gasteiger partial charge in [-0.1, -0.05) is 0 Å². The van der Waals surface area contributed by atoms with Crippen molar-refractivity contribution in [3.8, 4) is 0 Å². The van der Waals surface area contributed by atoms with Crippen molar-refractivity contribution in [2.45, 2.75) is 18.9 Å². The molecule has 2 saturated heterocycles. The van der Waals surface area contributed by atoms with Gasteiger partial charge in [0.25, 0.3) is 0 Å². The lowest BCUT2D eigenvalue weighted by Crippen LogP contribution is -2.23. The van der Waals surface area contributed by atoms with Crippen LogP contribution in [0.15, 0.2) is 0 Å². The van der Waals surface area contributed by atoms with Gasteiger partial charge in [-0.15, -0.1) is 0 Å². The molecule has 0 N–H and O–H groups in total. The highest BCUT2D eigenvalue weighted by Crippen LogP contribution is 2.14. The molecule has 2 fully saturated rings. The fourth-order valence-electron chi connectivity index (χ4n) is 1.43.